The second-order valence-corrected chi connectivity index (χ2v) is 4.60. The molecule has 0 aliphatic carbocycles. The smallest absolute Gasteiger partial charge is 0.0489 e. The Morgan fingerprint density at radius 1 is 1.50 bits per heavy atom. The summed E-state index contributed by atoms with van der Waals surface area (Å²) in [7, 11) is 0. The summed E-state index contributed by atoms with van der Waals surface area (Å²) in [4.78, 5) is 1.22. The number of nitrogens with one attached hydrogen (secondary N) is 1. The van der Waals surface area contributed by atoms with Gasteiger partial charge in [-0.15, -0.1) is 11.3 Å². The van der Waals surface area contributed by atoms with Gasteiger partial charge in [-0.25, -0.2) is 0 Å². The van der Waals surface area contributed by atoms with E-state index < -0.39 is 0 Å². The summed E-state index contributed by atoms with van der Waals surface area (Å²) in [6.45, 7) is 2.81. The lowest BCUT2D eigenvalue weighted by Crippen LogP contribution is -2.16. The molecule has 2 rings (SSSR count). The Morgan fingerprint density at radius 3 is 3.12 bits per heavy atom. The van der Waals surface area contributed by atoms with E-state index in [2.05, 4.69) is 10.4 Å². The molecule has 0 amide bonds. The summed E-state index contributed by atoms with van der Waals surface area (Å²) in [5.41, 5.74) is 6.68. The minimum atomic E-state index is 0.864. The molecule has 3 N–H and O–H groups in total. The lowest BCUT2D eigenvalue weighted by Gasteiger charge is -2.04. The highest BCUT2D eigenvalue weighted by Crippen LogP contribution is 2.17. The van der Waals surface area contributed by atoms with Crippen LogP contribution in [0.15, 0.2) is 29.9 Å². The molecule has 0 aromatic carbocycles. The van der Waals surface area contributed by atoms with Gasteiger partial charge in [0.1, 0.15) is 0 Å². The van der Waals surface area contributed by atoms with Crippen LogP contribution in [0, 0.1) is 0 Å². The highest BCUT2D eigenvalue weighted by atomic mass is 32.1. The van der Waals surface area contributed by atoms with E-state index in [1.165, 1.54) is 4.88 Å². The molecule has 0 atom stereocenters. The summed E-state index contributed by atoms with van der Waals surface area (Å²) in [5, 5.41) is 9.55. The van der Waals surface area contributed by atoms with Crippen LogP contribution in [0.2, 0.25) is 0 Å². The highest BCUT2D eigenvalue weighted by Gasteiger charge is 1.99. The van der Waals surface area contributed by atoms with Crippen molar-refractivity contribution in [3.05, 3.63) is 34.8 Å². The van der Waals surface area contributed by atoms with Gasteiger partial charge >= 0.3 is 0 Å². The number of hydrogen-bond acceptors (Lipinski definition) is 4. The van der Waals surface area contributed by atoms with Gasteiger partial charge in [0.05, 0.1) is 0 Å². The molecule has 2 heterocycles. The van der Waals surface area contributed by atoms with Gasteiger partial charge in [0, 0.05) is 36.0 Å². The average molecular weight is 236 g/mol. The van der Waals surface area contributed by atoms with E-state index in [1.54, 1.807) is 17.5 Å². The number of hydrogen-bond donors (Lipinski definition) is 2. The van der Waals surface area contributed by atoms with Gasteiger partial charge in [-0.2, -0.15) is 5.10 Å². The van der Waals surface area contributed by atoms with E-state index in [0.717, 1.165) is 31.7 Å². The minimum absolute atomic E-state index is 0.864. The molecular formula is C11H16N4S. The number of rotatable bonds is 6. The molecule has 2 aromatic heterocycles. The lowest BCUT2D eigenvalue weighted by atomic mass is 10.3. The molecular weight excluding hydrogens is 220 g/mol. The van der Waals surface area contributed by atoms with Crippen LogP contribution in [0.5, 0.6) is 0 Å². The van der Waals surface area contributed by atoms with E-state index >= 15 is 0 Å². The topological polar surface area (TPSA) is 55.9 Å². The van der Waals surface area contributed by atoms with Crippen LogP contribution in [-0.4, -0.2) is 16.3 Å². The first-order valence-corrected chi connectivity index (χ1v) is 6.24. The fraction of sp³-hybridized carbons (Fsp3) is 0.364. The highest BCUT2D eigenvalue weighted by molar-refractivity contribution is 7.10. The van der Waals surface area contributed by atoms with Crippen LogP contribution in [0.25, 0.3) is 0 Å². The molecule has 0 spiro atoms. The molecule has 2 aromatic rings. The maximum atomic E-state index is 5.79. The summed E-state index contributed by atoms with van der Waals surface area (Å²) in [6, 6.07) is 3.89. The van der Waals surface area contributed by atoms with Crippen molar-refractivity contribution in [1.29, 1.82) is 0 Å². The van der Waals surface area contributed by atoms with Crippen molar-refractivity contribution in [3.8, 4) is 0 Å². The molecule has 0 saturated heterocycles. The van der Waals surface area contributed by atoms with Crippen molar-refractivity contribution in [2.45, 2.75) is 19.5 Å². The number of aromatic nitrogens is 2. The zero-order valence-electron chi connectivity index (χ0n) is 9.10. The SMILES string of the molecule is Nc1ccsc1CNCCCn1cccn1. The molecule has 0 radical (unpaired) electrons. The molecule has 0 aliphatic rings. The summed E-state index contributed by atoms with van der Waals surface area (Å²) >= 11 is 1.70. The van der Waals surface area contributed by atoms with Crippen LogP contribution >= 0.6 is 11.3 Å². The first-order chi connectivity index (χ1) is 7.86. The zero-order chi connectivity index (χ0) is 11.2. The molecule has 0 unspecified atom stereocenters. The van der Waals surface area contributed by atoms with Crippen LogP contribution < -0.4 is 11.1 Å². The normalized spacial score (nSPS) is 10.8. The Kier molecular flexibility index (Phi) is 3.96. The number of nitrogen functional groups attached to an aromatic ring is 1. The third-order valence-corrected chi connectivity index (χ3v) is 3.30. The minimum Gasteiger partial charge on any atom is -0.398 e. The van der Waals surface area contributed by atoms with E-state index in [-0.39, 0.29) is 0 Å². The molecule has 0 bridgehead atoms. The van der Waals surface area contributed by atoms with Gasteiger partial charge in [0.15, 0.2) is 0 Å². The maximum absolute atomic E-state index is 5.79. The number of anilines is 1. The Balaban J connectivity index is 1.61. The van der Waals surface area contributed by atoms with Crippen LogP contribution in [0.4, 0.5) is 5.69 Å². The molecule has 0 saturated carbocycles. The van der Waals surface area contributed by atoms with Crippen molar-refractivity contribution in [3.63, 3.8) is 0 Å². The number of nitrogens with two attached hydrogens (primary N) is 1. The second-order valence-electron chi connectivity index (χ2n) is 3.60. The Morgan fingerprint density at radius 2 is 2.44 bits per heavy atom. The van der Waals surface area contributed by atoms with Crippen LogP contribution in [0.1, 0.15) is 11.3 Å². The predicted octanol–water partition coefficient (Wildman–Crippen LogP) is 1.71. The van der Waals surface area contributed by atoms with Gasteiger partial charge in [-0.3, -0.25) is 4.68 Å². The van der Waals surface area contributed by atoms with Crippen molar-refractivity contribution < 1.29 is 0 Å². The Bertz CT molecular complexity index is 407. The van der Waals surface area contributed by atoms with Crippen molar-refractivity contribution in [2.24, 2.45) is 0 Å². The second kappa shape index (κ2) is 5.67. The van der Waals surface area contributed by atoms with Crippen molar-refractivity contribution in [2.75, 3.05) is 12.3 Å². The number of thiophene rings is 1. The van der Waals surface area contributed by atoms with Crippen LogP contribution in [0.3, 0.4) is 0 Å². The number of aryl methyl sites for hydroxylation is 1. The summed E-state index contributed by atoms with van der Waals surface area (Å²) < 4.78 is 1.95. The fourth-order valence-electron chi connectivity index (χ4n) is 1.49. The standard InChI is InChI=1S/C11H16N4S/c12-10-3-8-16-11(10)9-13-4-1-6-15-7-2-5-14-15/h2-3,5,7-8,13H,1,4,6,9,12H2. The third-order valence-electron chi connectivity index (χ3n) is 2.37. The Labute approximate surface area is 99.1 Å². The van der Waals surface area contributed by atoms with Crippen molar-refractivity contribution >= 4 is 17.0 Å². The average Bonchev–Trinajstić information content (AvgIpc) is 2.90. The van der Waals surface area contributed by atoms with Gasteiger partial charge in [-0.05, 0) is 30.5 Å². The molecule has 0 fully saturated rings. The maximum Gasteiger partial charge on any atom is 0.0489 e. The van der Waals surface area contributed by atoms with E-state index in [1.807, 2.05) is 28.4 Å². The quantitative estimate of drug-likeness (QED) is 0.751. The molecule has 0 aliphatic heterocycles. The van der Waals surface area contributed by atoms with Crippen LogP contribution in [-0.2, 0) is 13.1 Å². The third kappa shape index (κ3) is 3.08. The molecule has 4 nitrogen and oxygen atoms in total. The first-order valence-electron chi connectivity index (χ1n) is 5.36. The zero-order valence-corrected chi connectivity index (χ0v) is 9.91. The van der Waals surface area contributed by atoms with Crippen molar-refractivity contribution in [1.82, 2.24) is 15.1 Å². The summed E-state index contributed by atoms with van der Waals surface area (Å²) in [6.07, 6.45) is 4.87. The van der Waals surface area contributed by atoms with Gasteiger partial charge in [0.2, 0.25) is 0 Å². The van der Waals surface area contributed by atoms with E-state index in [0.29, 0.717) is 0 Å². The molecule has 86 valence electrons. The van der Waals surface area contributed by atoms with E-state index in [4.69, 9.17) is 5.73 Å². The largest absolute Gasteiger partial charge is 0.398 e. The summed E-state index contributed by atoms with van der Waals surface area (Å²) in [5.74, 6) is 0. The number of nitrogens with zero attached hydrogens (tertiary/aromatic N) is 2. The fourth-order valence-corrected chi connectivity index (χ4v) is 2.26. The molecule has 16 heavy (non-hydrogen) atoms. The monoisotopic (exact) mass is 236 g/mol. The van der Waals surface area contributed by atoms with Gasteiger partial charge in [-0.1, -0.05) is 0 Å². The van der Waals surface area contributed by atoms with E-state index in [9.17, 15) is 0 Å². The lowest BCUT2D eigenvalue weighted by molar-refractivity contribution is 0.545. The predicted molar refractivity (Wildman–Crippen MR) is 67.3 cm³/mol. The van der Waals surface area contributed by atoms with Gasteiger partial charge < -0.3 is 11.1 Å². The first kappa shape index (κ1) is 11.2. The van der Waals surface area contributed by atoms with Gasteiger partial charge in [0.25, 0.3) is 0 Å². The molecule has 5 heteroatoms. The Hall–Kier alpha value is -1.33.